The minimum absolute atomic E-state index is 0.308. The molecule has 0 spiro atoms. The Morgan fingerprint density at radius 3 is 2.89 bits per heavy atom. The summed E-state index contributed by atoms with van der Waals surface area (Å²) in [6, 6.07) is 0.308. The van der Waals surface area contributed by atoms with Crippen LogP contribution in [-0.4, -0.2) is 16.0 Å². The number of fused-ring (bicyclic) bond motifs is 3. The molecule has 5 heteroatoms. The van der Waals surface area contributed by atoms with Crippen molar-refractivity contribution in [3.63, 3.8) is 0 Å². The first-order valence-corrected chi connectivity index (χ1v) is 7.98. The van der Waals surface area contributed by atoms with Gasteiger partial charge in [0, 0.05) is 10.9 Å². The molecule has 2 aromatic heterocycles. The van der Waals surface area contributed by atoms with Crippen LogP contribution in [0.15, 0.2) is 0 Å². The van der Waals surface area contributed by atoms with Crippen molar-refractivity contribution in [2.24, 2.45) is 5.92 Å². The Balaban J connectivity index is 2.11. The molecule has 0 aromatic carbocycles. The Bertz CT molecular complexity index is 621. The number of hydrogen-bond acceptors (Lipinski definition) is 4. The molecular formula is C14H18ClN3S. The van der Waals surface area contributed by atoms with Crippen LogP contribution in [0.2, 0.25) is 5.15 Å². The van der Waals surface area contributed by atoms with Gasteiger partial charge in [-0.1, -0.05) is 18.5 Å². The Hall–Kier alpha value is -0.870. The van der Waals surface area contributed by atoms with E-state index in [0.29, 0.717) is 17.1 Å². The van der Waals surface area contributed by atoms with Crippen molar-refractivity contribution in [1.82, 2.24) is 9.97 Å². The number of rotatable bonds is 2. The van der Waals surface area contributed by atoms with Crippen LogP contribution in [0.1, 0.15) is 37.6 Å². The third-order valence-corrected chi connectivity index (χ3v) is 4.95. The molecule has 1 unspecified atom stereocenters. The molecule has 0 bridgehead atoms. The highest BCUT2D eigenvalue weighted by molar-refractivity contribution is 7.19. The number of aryl methyl sites for hydroxylation is 1. The fourth-order valence-electron chi connectivity index (χ4n) is 2.62. The number of hydrogen-bond donors (Lipinski definition) is 1. The lowest BCUT2D eigenvalue weighted by molar-refractivity contribution is 0.509. The van der Waals surface area contributed by atoms with Gasteiger partial charge in [-0.2, -0.15) is 0 Å². The number of nitrogens with one attached hydrogen (secondary N) is 1. The predicted octanol–water partition coefficient (Wildman–Crippen LogP) is 4.29. The summed E-state index contributed by atoms with van der Waals surface area (Å²) in [5, 5.41) is 4.91. The lowest BCUT2D eigenvalue weighted by Gasteiger charge is -2.17. The molecule has 2 heterocycles. The van der Waals surface area contributed by atoms with E-state index in [1.165, 1.54) is 16.9 Å². The SMILES string of the molecule is CC1CCc2c(sc3nc(NC(C)C)nc(Cl)c23)C1. The van der Waals surface area contributed by atoms with E-state index in [0.717, 1.165) is 29.0 Å². The molecule has 3 rings (SSSR count). The molecule has 1 N–H and O–H groups in total. The summed E-state index contributed by atoms with van der Waals surface area (Å²) >= 11 is 8.16. The zero-order valence-corrected chi connectivity index (χ0v) is 13.0. The summed E-state index contributed by atoms with van der Waals surface area (Å²) in [6.45, 7) is 6.46. The fraction of sp³-hybridized carbons (Fsp3) is 0.571. The van der Waals surface area contributed by atoms with Crippen molar-refractivity contribution in [2.45, 2.75) is 46.1 Å². The molecular weight excluding hydrogens is 278 g/mol. The molecule has 1 atom stereocenters. The second-order valence-corrected chi connectivity index (χ2v) is 7.11. The van der Waals surface area contributed by atoms with E-state index in [-0.39, 0.29) is 0 Å². The Kier molecular flexibility index (Phi) is 3.39. The van der Waals surface area contributed by atoms with Crippen molar-refractivity contribution >= 4 is 39.1 Å². The van der Waals surface area contributed by atoms with Crippen LogP contribution in [-0.2, 0) is 12.8 Å². The Morgan fingerprint density at radius 2 is 2.16 bits per heavy atom. The van der Waals surface area contributed by atoms with Gasteiger partial charge in [-0.05, 0) is 44.6 Å². The molecule has 0 saturated carbocycles. The molecule has 2 aromatic rings. The molecule has 102 valence electrons. The van der Waals surface area contributed by atoms with Crippen LogP contribution in [0.4, 0.5) is 5.95 Å². The number of nitrogens with zero attached hydrogens (tertiary/aromatic N) is 2. The minimum atomic E-state index is 0.308. The Labute approximate surface area is 122 Å². The van der Waals surface area contributed by atoms with Crippen molar-refractivity contribution in [3.05, 3.63) is 15.6 Å². The van der Waals surface area contributed by atoms with Gasteiger partial charge in [-0.15, -0.1) is 11.3 Å². The number of aromatic nitrogens is 2. The quantitative estimate of drug-likeness (QED) is 0.840. The van der Waals surface area contributed by atoms with E-state index in [2.05, 4.69) is 36.1 Å². The maximum Gasteiger partial charge on any atom is 0.225 e. The third kappa shape index (κ3) is 2.43. The van der Waals surface area contributed by atoms with E-state index < -0.39 is 0 Å². The van der Waals surface area contributed by atoms with Gasteiger partial charge in [0.2, 0.25) is 5.95 Å². The lowest BCUT2D eigenvalue weighted by Crippen LogP contribution is -2.12. The fourth-order valence-corrected chi connectivity index (χ4v) is 4.34. The van der Waals surface area contributed by atoms with Gasteiger partial charge >= 0.3 is 0 Å². The summed E-state index contributed by atoms with van der Waals surface area (Å²) in [5.41, 5.74) is 1.39. The minimum Gasteiger partial charge on any atom is -0.352 e. The number of anilines is 1. The molecule has 0 fully saturated rings. The van der Waals surface area contributed by atoms with Gasteiger partial charge in [-0.3, -0.25) is 0 Å². The smallest absolute Gasteiger partial charge is 0.225 e. The molecule has 0 radical (unpaired) electrons. The van der Waals surface area contributed by atoms with Crippen LogP contribution in [0.3, 0.4) is 0 Å². The second-order valence-electron chi connectivity index (χ2n) is 5.67. The van der Waals surface area contributed by atoms with Crippen LogP contribution in [0.25, 0.3) is 10.2 Å². The maximum absolute atomic E-state index is 6.38. The molecule has 1 aliphatic rings. The summed E-state index contributed by atoms with van der Waals surface area (Å²) in [6.07, 6.45) is 3.50. The molecule has 0 amide bonds. The van der Waals surface area contributed by atoms with Gasteiger partial charge in [-0.25, -0.2) is 9.97 Å². The van der Waals surface area contributed by atoms with Crippen molar-refractivity contribution < 1.29 is 0 Å². The normalized spacial score (nSPS) is 18.9. The lowest BCUT2D eigenvalue weighted by atomic mass is 9.89. The first-order valence-electron chi connectivity index (χ1n) is 6.79. The topological polar surface area (TPSA) is 37.8 Å². The molecule has 1 aliphatic carbocycles. The molecule has 3 nitrogen and oxygen atoms in total. The number of thiophene rings is 1. The first-order chi connectivity index (χ1) is 9.04. The zero-order valence-electron chi connectivity index (χ0n) is 11.5. The van der Waals surface area contributed by atoms with Crippen molar-refractivity contribution in [1.29, 1.82) is 0 Å². The van der Waals surface area contributed by atoms with Crippen LogP contribution in [0.5, 0.6) is 0 Å². The Morgan fingerprint density at radius 1 is 1.37 bits per heavy atom. The van der Waals surface area contributed by atoms with E-state index in [4.69, 9.17) is 11.6 Å². The van der Waals surface area contributed by atoms with Gasteiger partial charge in [0.15, 0.2) is 0 Å². The average Bonchev–Trinajstić information content (AvgIpc) is 2.65. The van der Waals surface area contributed by atoms with Gasteiger partial charge < -0.3 is 5.32 Å². The van der Waals surface area contributed by atoms with Gasteiger partial charge in [0.05, 0.1) is 5.39 Å². The first kappa shape index (κ1) is 13.1. The van der Waals surface area contributed by atoms with E-state index >= 15 is 0 Å². The molecule has 19 heavy (non-hydrogen) atoms. The van der Waals surface area contributed by atoms with Crippen molar-refractivity contribution in [3.8, 4) is 0 Å². The standard InChI is InChI=1S/C14H18ClN3S/c1-7(2)16-14-17-12(15)11-9-5-4-8(3)6-10(9)19-13(11)18-14/h7-8H,4-6H2,1-3H3,(H,16,17,18). The highest BCUT2D eigenvalue weighted by atomic mass is 35.5. The summed E-state index contributed by atoms with van der Waals surface area (Å²) in [4.78, 5) is 11.5. The second kappa shape index (κ2) is 4.91. The van der Waals surface area contributed by atoms with Crippen LogP contribution in [0, 0.1) is 5.92 Å². The maximum atomic E-state index is 6.38. The van der Waals surface area contributed by atoms with Gasteiger partial charge in [0.25, 0.3) is 0 Å². The summed E-state index contributed by atoms with van der Waals surface area (Å²) < 4.78 is 0. The van der Waals surface area contributed by atoms with Crippen LogP contribution >= 0.6 is 22.9 Å². The highest BCUT2D eigenvalue weighted by Gasteiger charge is 2.23. The highest BCUT2D eigenvalue weighted by Crippen LogP contribution is 2.40. The van der Waals surface area contributed by atoms with Crippen molar-refractivity contribution in [2.75, 3.05) is 5.32 Å². The molecule has 0 saturated heterocycles. The third-order valence-electron chi connectivity index (χ3n) is 3.53. The van der Waals surface area contributed by atoms with Gasteiger partial charge in [0.1, 0.15) is 9.98 Å². The summed E-state index contributed by atoms with van der Waals surface area (Å²) in [7, 11) is 0. The van der Waals surface area contributed by atoms with E-state index in [1.807, 2.05) is 0 Å². The largest absolute Gasteiger partial charge is 0.352 e. The van der Waals surface area contributed by atoms with Crippen LogP contribution < -0.4 is 5.32 Å². The summed E-state index contributed by atoms with van der Waals surface area (Å²) in [5.74, 6) is 1.40. The average molecular weight is 296 g/mol. The predicted molar refractivity (Wildman–Crippen MR) is 82.4 cm³/mol. The van der Waals surface area contributed by atoms with E-state index in [9.17, 15) is 0 Å². The zero-order chi connectivity index (χ0) is 13.6. The number of halogens is 1. The monoisotopic (exact) mass is 295 g/mol. The molecule has 0 aliphatic heterocycles. The van der Waals surface area contributed by atoms with E-state index in [1.54, 1.807) is 11.3 Å².